The highest BCUT2D eigenvalue weighted by atomic mass is 16.4. The third-order valence-electron chi connectivity index (χ3n) is 2.14. The summed E-state index contributed by atoms with van der Waals surface area (Å²) in [6.07, 6.45) is 4.97. The van der Waals surface area contributed by atoms with E-state index in [-0.39, 0.29) is 18.7 Å². The third kappa shape index (κ3) is 8.03. The van der Waals surface area contributed by atoms with Crippen LogP contribution in [0.25, 0.3) is 0 Å². The lowest BCUT2D eigenvalue weighted by Gasteiger charge is -2.21. The maximum absolute atomic E-state index is 11.5. The fourth-order valence-electron chi connectivity index (χ4n) is 1.43. The number of hydrogen-bond acceptors (Lipinski definition) is 2. The average Bonchev–Trinajstić information content (AvgIpc) is 2.09. The summed E-state index contributed by atoms with van der Waals surface area (Å²) < 4.78 is 0. The predicted molar refractivity (Wildman–Crippen MR) is 63.1 cm³/mol. The van der Waals surface area contributed by atoms with Gasteiger partial charge in [0.05, 0.1) is 6.42 Å². The number of amides is 1. The molecule has 0 aromatic rings. The molecule has 4 heteroatoms. The van der Waals surface area contributed by atoms with E-state index in [0.29, 0.717) is 6.54 Å². The minimum Gasteiger partial charge on any atom is -0.481 e. The minimum absolute atomic E-state index is 0.00921. The molecule has 0 aromatic heterocycles. The van der Waals surface area contributed by atoms with Crippen molar-refractivity contribution in [3.63, 3.8) is 0 Å². The highest BCUT2D eigenvalue weighted by Gasteiger charge is 2.24. The smallest absolute Gasteiger partial charge is 0.303 e. The lowest BCUT2D eigenvalue weighted by molar-refractivity contribution is -0.139. The van der Waals surface area contributed by atoms with E-state index < -0.39 is 11.4 Å². The first-order chi connectivity index (χ1) is 7.37. The summed E-state index contributed by atoms with van der Waals surface area (Å²) in [6, 6.07) is 0. The molecule has 0 saturated carbocycles. The van der Waals surface area contributed by atoms with Gasteiger partial charge in [0.15, 0.2) is 0 Å². The summed E-state index contributed by atoms with van der Waals surface area (Å²) in [5, 5.41) is 11.4. The Morgan fingerprint density at radius 3 is 2.44 bits per heavy atom. The lowest BCUT2D eigenvalue weighted by atomic mass is 9.85. The minimum atomic E-state index is -0.869. The first-order valence-corrected chi connectivity index (χ1v) is 5.47. The molecule has 16 heavy (non-hydrogen) atoms. The van der Waals surface area contributed by atoms with Gasteiger partial charge in [0.1, 0.15) is 0 Å². The van der Waals surface area contributed by atoms with Crippen LogP contribution in [0.3, 0.4) is 0 Å². The van der Waals surface area contributed by atoms with Crippen LogP contribution < -0.4 is 5.32 Å². The number of carbonyl (C=O) groups is 2. The number of rotatable bonds is 7. The van der Waals surface area contributed by atoms with E-state index in [0.717, 1.165) is 6.42 Å². The zero-order valence-corrected chi connectivity index (χ0v) is 10.2. The molecule has 0 aliphatic heterocycles. The molecule has 0 heterocycles. The van der Waals surface area contributed by atoms with Gasteiger partial charge >= 0.3 is 5.97 Å². The van der Waals surface area contributed by atoms with Crippen molar-refractivity contribution < 1.29 is 14.7 Å². The van der Waals surface area contributed by atoms with Crippen LogP contribution in [0.5, 0.6) is 0 Å². The van der Waals surface area contributed by atoms with Crippen molar-refractivity contribution in [2.24, 2.45) is 5.41 Å². The molecule has 2 N–H and O–H groups in total. The molecular formula is C12H21NO3. The molecule has 0 unspecified atom stereocenters. The van der Waals surface area contributed by atoms with Gasteiger partial charge in [-0.2, -0.15) is 0 Å². The maximum atomic E-state index is 11.5. The number of aliphatic carboxylic acids is 1. The standard InChI is InChI=1S/C12H21NO3/c1-4-5-6-7-13-10(14)8-12(2,3)9-11(15)16/h4-5H,6-9H2,1-3H3,(H,13,14)(H,15,16)/b5-4+. The molecular weight excluding hydrogens is 206 g/mol. The summed E-state index contributed by atoms with van der Waals surface area (Å²) >= 11 is 0. The molecule has 0 aromatic carbocycles. The number of carboxylic acid groups (broad SMARTS) is 1. The molecule has 0 rings (SSSR count). The van der Waals surface area contributed by atoms with Crippen molar-refractivity contribution in [3.8, 4) is 0 Å². The van der Waals surface area contributed by atoms with Gasteiger partial charge in [-0.05, 0) is 18.8 Å². The number of carboxylic acids is 1. The molecule has 4 nitrogen and oxygen atoms in total. The van der Waals surface area contributed by atoms with E-state index in [1.807, 2.05) is 19.1 Å². The Hall–Kier alpha value is -1.32. The van der Waals surface area contributed by atoms with Crippen LogP contribution in [0.2, 0.25) is 0 Å². The third-order valence-corrected chi connectivity index (χ3v) is 2.14. The van der Waals surface area contributed by atoms with Crippen molar-refractivity contribution in [2.75, 3.05) is 6.54 Å². The Morgan fingerprint density at radius 2 is 1.94 bits per heavy atom. The zero-order chi connectivity index (χ0) is 12.6. The van der Waals surface area contributed by atoms with E-state index >= 15 is 0 Å². The van der Waals surface area contributed by atoms with Crippen LogP contribution in [-0.4, -0.2) is 23.5 Å². The molecule has 0 fully saturated rings. The highest BCUT2D eigenvalue weighted by Crippen LogP contribution is 2.24. The topological polar surface area (TPSA) is 66.4 Å². The molecule has 1 amide bonds. The van der Waals surface area contributed by atoms with Gasteiger partial charge in [-0.25, -0.2) is 0 Å². The first-order valence-electron chi connectivity index (χ1n) is 5.47. The van der Waals surface area contributed by atoms with Crippen LogP contribution in [0, 0.1) is 5.41 Å². The van der Waals surface area contributed by atoms with Crippen molar-refractivity contribution in [3.05, 3.63) is 12.2 Å². The first kappa shape index (κ1) is 14.7. The maximum Gasteiger partial charge on any atom is 0.303 e. The summed E-state index contributed by atoms with van der Waals surface area (Å²) in [5.74, 6) is -0.956. The van der Waals surface area contributed by atoms with E-state index in [1.54, 1.807) is 13.8 Å². The Bertz CT molecular complexity index is 269. The van der Waals surface area contributed by atoms with Gasteiger partial charge in [-0.15, -0.1) is 0 Å². The van der Waals surface area contributed by atoms with E-state index in [4.69, 9.17) is 5.11 Å². The van der Waals surface area contributed by atoms with Crippen molar-refractivity contribution in [1.82, 2.24) is 5.32 Å². The lowest BCUT2D eigenvalue weighted by Crippen LogP contribution is -2.30. The van der Waals surface area contributed by atoms with Gasteiger partial charge < -0.3 is 10.4 Å². The Labute approximate surface area is 96.7 Å². The summed E-state index contributed by atoms with van der Waals surface area (Å²) in [7, 11) is 0. The van der Waals surface area contributed by atoms with Crippen LogP contribution in [0.1, 0.15) is 40.0 Å². The molecule has 0 spiro atoms. The van der Waals surface area contributed by atoms with Crippen LogP contribution >= 0.6 is 0 Å². The van der Waals surface area contributed by atoms with Crippen LogP contribution in [0.4, 0.5) is 0 Å². The second-order valence-corrected chi connectivity index (χ2v) is 4.62. The van der Waals surface area contributed by atoms with E-state index in [2.05, 4.69) is 5.32 Å². The number of carbonyl (C=O) groups excluding carboxylic acids is 1. The molecule has 0 bridgehead atoms. The Balaban J connectivity index is 3.89. The van der Waals surface area contributed by atoms with Crippen molar-refractivity contribution >= 4 is 11.9 Å². The molecule has 92 valence electrons. The van der Waals surface area contributed by atoms with Crippen molar-refractivity contribution in [2.45, 2.75) is 40.0 Å². The van der Waals surface area contributed by atoms with Gasteiger partial charge in [0.2, 0.25) is 5.91 Å². The summed E-state index contributed by atoms with van der Waals surface area (Å²) in [4.78, 5) is 22.0. The number of nitrogens with one attached hydrogen (secondary N) is 1. The molecule has 0 saturated heterocycles. The van der Waals surface area contributed by atoms with Gasteiger partial charge in [0, 0.05) is 13.0 Å². The van der Waals surface area contributed by atoms with Crippen LogP contribution in [0.15, 0.2) is 12.2 Å². The average molecular weight is 227 g/mol. The van der Waals surface area contributed by atoms with E-state index in [9.17, 15) is 9.59 Å². The summed E-state index contributed by atoms with van der Waals surface area (Å²) in [5.41, 5.74) is -0.490. The zero-order valence-electron chi connectivity index (χ0n) is 10.2. The summed E-state index contributed by atoms with van der Waals surface area (Å²) in [6.45, 7) is 6.10. The molecule has 0 aliphatic rings. The van der Waals surface area contributed by atoms with Gasteiger partial charge in [-0.3, -0.25) is 9.59 Å². The molecule has 0 atom stereocenters. The fraction of sp³-hybridized carbons (Fsp3) is 0.667. The number of hydrogen-bond donors (Lipinski definition) is 2. The fourth-order valence-corrected chi connectivity index (χ4v) is 1.43. The Morgan fingerprint density at radius 1 is 1.31 bits per heavy atom. The van der Waals surface area contributed by atoms with Crippen molar-refractivity contribution in [1.29, 1.82) is 0 Å². The predicted octanol–water partition coefficient (Wildman–Crippen LogP) is 1.96. The Kier molecular flexibility index (Phi) is 6.46. The monoisotopic (exact) mass is 227 g/mol. The highest BCUT2D eigenvalue weighted by molar-refractivity contribution is 5.77. The van der Waals surface area contributed by atoms with Gasteiger partial charge in [0.25, 0.3) is 0 Å². The largest absolute Gasteiger partial charge is 0.481 e. The quantitative estimate of drug-likeness (QED) is 0.516. The SMILES string of the molecule is C/C=C/CCNC(=O)CC(C)(C)CC(=O)O. The van der Waals surface area contributed by atoms with Crippen LogP contribution in [-0.2, 0) is 9.59 Å². The van der Waals surface area contributed by atoms with Gasteiger partial charge in [-0.1, -0.05) is 26.0 Å². The molecule has 0 radical (unpaired) electrons. The second-order valence-electron chi connectivity index (χ2n) is 4.62. The molecule has 0 aliphatic carbocycles. The normalized spacial score (nSPS) is 11.7. The number of allylic oxidation sites excluding steroid dienone is 1. The second kappa shape index (κ2) is 7.04. The van der Waals surface area contributed by atoms with E-state index in [1.165, 1.54) is 0 Å².